The number of anilines is 1. The molecular formula is C11H15N5O2S. The molecule has 1 heterocycles. The summed E-state index contributed by atoms with van der Waals surface area (Å²) in [5.74, 6) is 0.818. The van der Waals surface area contributed by atoms with Gasteiger partial charge in [0.1, 0.15) is 6.33 Å². The minimum Gasteiger partial charge on any atom is -0.378 e. The zero-order chi connectivity index (χ0) is 13.9. The summed E-state index contributed by atoms with van der Waals surface area (Å²) < 4.78 is 24.1. The van der Waals surface area contributed by atoms with E-state index in [1.165, 1.54) is 12.1 Å². The van der Waals surface area contributed by atoms with E-state index in [-0.39, 0.29) is 4.90 Å². The van der Waals surface area contributed by atoms with Crippen LogP contribution in [-0.2, 0) is 23.1 Å². The number of nitrogens with zero attached hydrogens (tertiary/aromatic N) is 3. The molecule has 3 N–H and O–H groups in total. The number of nitrogens with one attached hydrogen (secondary N) is 1. The second-order valence-corrected chi connectivity index (χ2v) is 5.52. The summed E-state index contributed by atoms with van der Waals surface area (Å²) in [5.41, 5.74) is 0.790. The van der Waals surface area contributed by atoms with Crippen LogP contribution in [0.4, 0.5) is 5.69 Å². The van der Waals surface area contributed by atoms with Gasteiger partial charge in [-0.25, -0.2) is 13.6 Å². The highest BCUT2D eigenvalue weighted by Crippen LogP contribution is 2.13. The van der Waals surface area contributed by atoms with Crippen LogP contribution in [-0.4, -0.2) is 23.2 Å². The highest BCUT2D eigenvalue weighted by atomic mass is 32.2. The number of hydrogen-bond acceptors (Lipinski definition) is 5. The van der Waals surface area contributed by atoms with Crippen molar-refractivity contribution in [3.05, 3.63) is 36.4 Å². The summed E-state index contributed by atoms with van der Waals surface area (Å²) in [7, 11) is -3.64. The number of nitrogens with two attached hydrogens (primary N) is 1. The standard InChI is InChI=1S/C11H15N5O2S/c1-2-16-8-14-15-11(16)7-13-9-3-5-10(6-4-9)19(12,17)18/h3-6,8,13H,2,7H2,1H3,(H2,12,17,18). The van der Waals surface area contributed by atoms with Crippen molar-refractivity contribution in [2.45, 2.75) is 24.9 Å². The van der Waals surface area contributed by atoms with Gasteiger partial charge in [-0.3, -0.25) is 0 Å². The molecule has 0 atom stereocenters. The Balaban J connectivity index is 2.05. The van der Waals surface area contributed by atoms with Crippen molar-refractivity contribution in [3.8, 4) is 0 Å². The molecule has 0 bridgehead atoms. The van der Waals surface area contributed by atoms with Crippen LogP contribution in [0.1, 0.15) is 12.7 Å². The van der Waals surface area contributed by atoms with Gasteiger partial charge in [0.05, 0.1) is 11.4 Å². The molecular weight excluding hydrogens is 266 g/mol. The van der Waals surface area contributed by atoms with Gasteiger partial charge in [0.15, 0.2) is 5.82 Å². The van der Waals surface area contributed by atoms with Gasteiger partial charge >= 0.3 is 0 Å². The first-order chi connectivity index (χ1) is 9.00. The van der Waals surface area contributed by atoms with Crippen molar-refractivity contribution < 1.29 is 8.42 Å². The molecule has 2 rings (SSSR count). The number of aryl methyl sites for hydroxylation is 1. The van der Waals surface area contributed by atoms with E-state index in [4.69, 9.17) is 5.14 Å². The van der Waals surface area contributed by atoms with E-state index in [1.54, 1.807) is 18.5 Å². The maximum absolute atomic E-state index is 11.1. The summed E-state index contributed by atoms with van der Waals surface area (Å²) >= 11 is 0. The molecule has 1 aromatic carbocycles. The van der Waals surface area contributed by atoms with E-state index in [2.05, 4.69) is 15.5 Å². The minimum absolute atomic E-state index is 0.0924. The van der Waals surface area contributed by atoms with E-state index >= 15 is 0 Å². The van der Waals surface area contributed by atoms with Crippen LogP contribution in [0.3, 0.4) is 0 Å². The number of sulfonamides is 1. The van der Waals surface area contributed by atoms with E-state index in [0.29, 0.717) is 6.54 Å². The summed E-state index contributed by atoms with van der Waals surface area (Å²) in [4.78, 5) is 0.0924. The van der Waals surface area contributed by atoms with Crippen LogP contribution < -0.4 is 10.5 Å². The van der Waals surface area contributed by atoms with E-state index < -0.39 is 10.0 Å². The van der Waals surface area contributed by atoms with Crippen molar-refractivity contribution >= 4 is 15.7 Å². The van der Waals surface area contributed by atoms with Gasteiger partial charge in [0, 0.05) is 12.2 Å². The fourth-order valence-electron chi connectivity index (χ4n) is 1.62. The predicted molar refractivity (Wildman–Crippen MR) is 70.8 cm³/mol. The molecule has 0 saturated carbocycles. The first kappa shape index (κ1) is 13.5. The van der Waals surface area contributed by atoms with Gasteiger partial charge in [0.2, 0.25) is 10.0 Å². The second kappa shape index (κ2) is 5.37. The van der Waals surface area contributed by atoms with Crippen LogP contribution in [0.25, 0.3) is 0 Å². The fraction of sp³-hybridized carbons (Fsp3) is 0.273. The Labute approximate surface area is 111 Å². The third kappa shape index (κ3) is 3.30. The van der Waals surface area contributed by atoms with Crippen molar-refractivity contribution in [1.82, 2.24) is 14.8 Å². The molecule has 2 aromatic rings. The first-order valence-corrected chi connectivity index (χ1v) is 7.28. The molecule has 0 amide bonds. The van der Waals surface area contributed by atoms with E-state index in [1.807, 2.05) is 11.5 Å². The minimum atomic E-state index is -3.64. The lowest BCUT2D eigenvalue weighted by atomic mass is 10.3. The lowest BCUT2D eigenvalue weighted by Gasteiger charge is -2.07. The number of hydrogen-bond donors (Lipinski definition) is 2. The third-order valence-corrected chi connectivity index (χ3v) is 3.60. The monoisotopic (exact) mass is 281 g/mol. The molecule has 0 radical (unpaired) electrons. The van der Waals surface area contributed by atoms with Gasteiger partial charge < -0.3 is 9.88 Å². The van der Waals surface area contributed by atoms with Crippen LogP contribution in [0.2, 0.25) is 0 Å². The molecule has 0 saturated heterocycles. The smallest absolute Gasteiger partial charge is 0.238 e. The molecule has 8 heteroatoms. The quantitative estimate of drug-likeness (QED) is 0.833. The van der Waals surface area contributed by atoms with Gasteiger partial charge in [-0.1, -0.05) is 0 Å². The van der Waals surface area contributed by atoms with Crippen molar-refractivity contribution in [2.24, 2.45) is 5.14 Å². The number of aromatic nitrogens is 3. The number of primary sulfonamides is 1. The highest BCUT2D eigenvalue weighted by Gasteiger charge is 2.07. The lowest BCUT2D eigenvalue weighted by Crippen LogP contribution is -2.12. The second-order valence-electron chi connectivity index (χ2n) is 3.96. The maximum Gasteiger partial charge on any atom is 0.238 e. The Hall–Kier alpha value is -1.93. The Bertz CT molecular complexity index is 648. The van der Waals surface area contributed by atoms with Crippen LogP contribution in [0.15, 0.2) is 35.5 Å². The summed E-state index contributed by atoms with van der Waals surface area (Å²) in [6, 6.07) is 6.24. The Morgan fingerprint density at radius 1 is 1.32 bits per heavy atom. The largest absolute Gasteiger partial charge is 0.378 e. The van der Waals surface area contributed by atoms with Crippen LogP contribution in [0, 0.1) is 0 Å². The van der Waals surface area contributed by atoms with Crippen molar-refractivity contribution in [1.29, 1.82) is 0 Å². The SMILES string of the molecule is CCn1cnnc1CNc1ccc(S(N)(=O)=O)cc1. The molecule has 102 valence electrons. The van der Waals surface area contributed by atoms with Crippen molar-refractivity contribution in [3.63, 3.8) is 0 Å². The molecule has 7 nitrogen and oxygen atoms in total. The van der Waals surface area contributed by atoms with Crippen molar-refractivity contribution in [2.75, 3.05) is 5.32 Å². The Kier molecular flexibility index (Phi) is 3.82. The van der Waals surface area contributed by atoms with Crippen LogP contribution >= 0.6 is 0 Å². The van der Waals surface area contributed by atoms with Gasteiger partial charge in [0.25, 0.3) is 0 Å². The number of rotatable bonds is 5. The lowest BCUT2D eigenvalue weighted by molar-refractivity contribution is 0.598. The molecule has 0 unspecified atom stereocenters. The molecule has 0 aliphatic carbocycles. The van der Waals surface area contributed by atoms with Gasteiger partial charge in [-0.2, -0.15) is 0 Å². The number of benzene rings is 1. The van der Waals surface area contributed by atoms with Gasteiger partial charge in [-0.05, 0) is 31.2 Å². The zero-order valence-electron chi connectivity index (χ0n) is 10.4. The summed E-state index contributed by atoms with van der Waals surface area (Å²) in [5, 5.41) is 16.0. The zero-order valence-corrected chi connectivity index (χ0v) is 11.3. The normalized spacial score (nSPS) is 11.5. The molecule has 1 aromatic heterocycles. The average Bonchev–Trinajstić information content (AvgIpc) is 2.83. The fourth-order valence-corrected chi connectivity index (χ4v) is 2.14. The maximum atomic E-state index is 11.1. The topological polar surface area (TPSA) is 103 Å². The molecule has 19 heavy (non-hydrogen) atoms. The average molecular weight is 281 g/mol. The summed E-state index contributed by atoms with van der Waals surface area (Å²) in [6.07, 6.45) is 1.67. The highest BCUT2D eigenvalue weighted by molar-refractivity contribution is 7.89. The third-order valence-electron chi connectivity index (χ3n) is 2.67. The molecule has 0 aliphatic rings. The first-order valence-electron chi connectivity index (χ1n) is 5.74. The summed E-state index contributed by atoms with van der Waals surface area (Å²) in [6.45, 7) is 3.32. The predicted octanol–water partition coefficient (Wildman–Crippen LogP) is 0.558. The Morgan fingerprint density at radius 3 is 2.58 bits per heavy atom. The Morgan fingerprint density at radius 2 is 2.00 bits per heavy atom. The molecule has 0 spiro atoms. The van der Waals surface area contributed by atoms with E-state index in [0.717, 1.165) is 18.1 Å². The molecule has 0 fully saturated rings. The van der Waals surface area contributed by atoms with Crippen LogP contribution in [0.5, 0.6) is 0 Å². The van der Waals surface area contributed by atoms with E-state index in [9.17, 15) is 8.42 Å². The molecule has 0 aliphatic heterocycles. The van der Waals surface area contributed by atoms with Gasteiger partial charge in [-0.15, -0.1) is 10.2 Å².